The first-order chi connectivity index (χ1) is 7.40. The zero-order chi connectivity index (χ0) is 10.5. The zero-order valence-corrected chi connectivity index (χ0v) is 8.21. The number of aryl methyl sites for hydroxylation is 2. The van der Waals surface area contributed by atoms with E-state index < -0.39 is 0 Å². The van der Waals surface area contributed by atoms with E-state index in [1.54, 1.807) is 18.7 Å². The number of aromatic nitrogens is 3. The Morgan fingerprint density at radius 3 is 3.00 bits per heavy atom. The van der Waals surface area contributed by atoms with Gasteiger partial charge in [-0.3, -0.25) is 9.78 Å². The molecular formula is C11H11N3O. The van der Waals surface area contributed by atoms with Crippen molar-refractivity contribution >= 4 is 6.29 Å². The molecule has 0 saturated heterocycles. The molecule has 0 bridgehead atoms. The molecule has 0 atom stereocenters. The molecule has 2 heterocycles. The van der Waals surface area contributed by atoms with E-state index in [-0.39, 0.29) is 0 Å². The molecule has 0 N–H and O–H groups in total. The Hall–Kier alpha value is -1.97. The van der Waals surface area contributed by atoms with E-state index in [0.717, 1.165) is 24.8 Å². The summed E-state index contributed by atoms with van der Waals surface area (Å²) in [5.74, 6) is 0. The molecule has 2 rings (SSSR count). The molecule has 2 aromatic heterocycles. The van der Waals surface area contributed by atoms with Crippen molar-refractivity contribution in [2.45, 2.75) is 13.0 Å². The van der Waals surface area contributed by atoms with E-state index in [4.69, 9.17) is 0 Å². The highest BCUT2D eigenvalue weighted by atomic mass is 16.1. The summed E-state index contributed by atoms with van der Waals surface area (Å²) >= 11 is 0. The van der Waals surface area contributed by atoms with Gasteiger partial charge in [0.1, 0.15) is 5.69 Å². The Labute approximate surface area is 87.6 Å². The van der Waals surface area contributed by atoms with E-state index in [2.05, 4.69) is 9.97 Å². The van der Waals surface area contributed by atoms with Gasteiger partial charge in [0.2, 0.25) is 0 Å². The normalized spacial score (nSPS) is 10.1. The second kappa shape index (κ2) is 4.50. The maximum Gasteiger partial charge on any atom is 0.168 e. The average Bonchev–Trinajstić information content (AvgIpc) is 2.75. The van der Waals surface area contributed by atoms with Crippen molar-refractivity contribution in [2.24, 2.45) is 0 Å². The molecule has 0 aliphatic rings. The van der Waals surface area contributed by atoms with Crippen molar-refractivity contribution in [1.82, 2.24) is 14.5 Å². The third-order valence-corrected chi connectivity index (χ3v) is 2.23. The van der Waals surface area contributed by atoms with Gasteiger partial charge in [0.25, 0.3) is 0 Å². The van der Waals surface area contributed by atoms with Gasteiger partial charge >= 0.3 is 0 Å². The lowest BCUT2D eigenvalue weighted by molar-refractivity contribution is 0.111. The summed E-state index contributed by atoms with van der Waals surface area (Å²) in [6.07, 6.45) is 8.48. The van der Waals surface area contributed by atoms with Gasteiger partial charge in [0.05, 0.1) is 12.5 Å². The molecule has 0 radical (unpaired) electrons. The number of pyridine rings is 1. The first-order valence-corrected chi connectivity index (χ1v) is 4.74. The van der Waals surface area contributed by atoms with Crippen molar-refractivity contribution < 1.29 is 4.79 Å². The molecule has 0 amide bonds. The maximum atomic E-state index is 10.6. The molecule has 0 saturated carbocycles. The number of nitrogens with zero attached hydrogens (tertiary/aromatic N) is 3. The monoisotopic (exact) mass is 201 g/mol. The van der Waals surface area contributed by atoms with Gasteiger partial charge in [-0.2, -0.15) is 0 Å². The van der Waals surface area contributed by atoms with Crippen LogP contribution in [0.2, 0.25) is 0 Å². The van der Waals surface area contributed by atoms with Gasteiger partial charge in [0.15, 0.2) is 6.29 Å². The number of carbonyl (C=O) groups is 1. The third-order valence-electron chi connectivity index (χ3n) is 2.23. The van der Waals surface area contributed by atoms with Crippen molar-refractivity contribution in [2.75, 3.05) is 0 Å². The van der Waals surface area contributed by atoms with Crippen LogP contribution < -0.4 is 0 Å². The lowest BCUT2D eigenvalue weighted by atomic mass is 10.2. The summed E-state index contributed by atoms with van der Waals surface area (Å²) in [6, 6.07) is 3.92. The van der Waals surface area contributed by atoms with Gasteiger partial charge in [-0.05, 0) is 18.1 Å². The fourth-order valence-electron chi connectivity index (χ4n) is 1.41. The Bertz CT molecular complexity index is 436. The van der Waals surface area contributed by atoms with Gasteiger partial charge in [0, 0.05) is 18.9 Å². The van der Waals surface area contributed by atoms with E-state index in [1.165, 1.54) is 0 Å². The Morgan fingerprint density at radius 1 is 1.33 bits per heavy atom. The molecule has 15 heavy (non-hydrogen) atoms. The minimum absolute atomic E-state index is 0.610. The highest BCUT2D eigenvalue weighted by Crippen LogP contribution is 2.02. The van der Waals surface area contributed by atoms with Crippen LogP contribution in [0.5, 0.6) is 0 Å². The second-order valence-electron chi connectivity index (χ2n) is 3.24. The zero-order valence-electron chi connectivity index (χ0n) is 8.21. The van der Waals surface area contributed by atoms with Crippen LogP contribution >= 0.6 is 0 Å². The van der Waals surface area contributed by atoms with Crippen molar-refractivity contribution in [3.8, 4) is 0 Å². The molecule has 4 nitrogen and oxygen atoms in total. The standard InChI is InChI=1S/C11H11N3O/c15-8-11-7-13-9-14(11)5-3-10-2-1-4-12-6-10/h1-2,4,6-9H,3,5H2. The third kappa shape index (κ3) is 2.28. The van der Waals surface area contributed by atoms with E-state index >= 15 is 0 Å². The summed E-state index contributed by atoms with van der Waals surface area (Å²) in [5, 5.41) is 0. The number of hydrogen-bond acceptors (Lipinski definition) is 3. The molecule has 76 valence electrons. The highest BCUT2D eigenvalue weighted by Gasteiger charge is 2.00. The summed E-state index contributed by atoms with van der Waals surface area (Å²) in [6.45, 7) is 0.750. The molecule has 0 aromatic carbocycles. The second-order valence-corrected chi connectivity index (χ2v) is 3.24. The van der Waals surface area contributed by atoms with E-state index in [0.29, 0.717) is 5.69 Å². The predicted octanol–water partition coefficient (Wildman–Crippen LogP) is 1.33. The summed E-state index contributed by atoms with van der Waals surface area (Å²) in [5.41, 5.74) is 1.77. The number of hydrogen-bond donors (Lipinski definition) is 0. The molecular weight excluding hydrogens is 190 g/mol. The smallest absolute Gasteiger partial charge is 0.168 e. The largest absolute Gasteiger partial charge is 0.328 e. The van der Waals surface area contributed by atoms with E-state index in [9.17, 15) is 4.79 Å². The van der Waals surface area contributed by atoms with E-state index in [1.807, 2.05) is 22.9 Å². The minimum Gasteiger partial charge on any atom is -0.328 e. The van der Waals surface area contributed by atoms with Gasteiger partial charge in [-0.25, -0.2) is 4.98 Å². The fourth-order valence-corrected chi connectivity index (χ4v) is 1.41. The lowest BCUT2D eigenvalue weighted by Crippen LogP contribution is -2.03. The maximum absolute atomic E-state index is 10.6. The Kier molecular flexibility index (Phi) is 2.88. The topological polar surface area (TPSA) is 47.8 Å². The Balaban J connectivity index is 2.02. The number of aldehydes is 1. The van der Waals surface area contributed by atoms with Crippen molar-refractivity contribution in [3.05, 3.63) is 48.3 Å². The van der Waals surface area contributed by atoms with Crippen molar-refractivity contribution in [1.29, 1.82) is 0 Å². The Morgan fingerprint density at radius 2 is 2.27 bits per heavy atom. The summed E-state index contributed by atoms with van der Waals surface area (Å²) < 4.78 is 1.83. The minimum atomic E-state index is 0.610. The molecule has 0 aliphatic carbocycles. The molecule has 0 spiro atoms. The van der Waals surface area contributed by atoms with Crippen LogP contribution in [0.15, 0.2) is 37.1 Å². The van der Waals surface area contributed by atoms with Crippen LogP contribution in [0.4, 0.5) is 0 Å². The molecule has 0 unspecified atom stereocenters. The van der Waals surface area contributed by atoms with Gasteiger partial charge in [-0.1, -0.05) is 6.07 Å². The van der Waals surface area contributed by atoms with Gasteiger partial charge < -0.3 is 4.57 Å². The van der Waals surface area contributed by atoms with Gasteiger partial charge in [-0.15, -0.1) is 0 Å². The SMILES string of the molecule is O=Cc1cncn1CCc1cccnc1. The molecule has 0 fully saturated rings. The predicted molar refractivity (Wildman–Crippen MR) is 55.6 cm³/mol. The molecule has 0 aliphatic heterocycles. The van der Waals surface area contributed by atoms with Crippen molar-refractivity contribution in [3.63, 3.8) is 0 Å². The summed E-state index contributed by atoms with van der Waals surface area (Å²) in [7, 11) is 0. The molecule has 2 aromatic rings. The fraction of sp³-hybridized carbons (Fsp3) is 0.182. The van der Waals surface area contributed by atoms with Crippen LogP contribution in [-0.4, -0.2) is 20.8 Å². The number of rotatable bonds is 4. The average molecular weight is 201 g/mol. The highest BCUT2D eigenvalue weighted by molar-refractivity contribution is 5.71. The van der Waals surface area contributed by atoms with Crippen LogP contribution in [0, 0.1) is 0 Å². The number of imidazole rings is 1. The first kappa shape index (κ1) is 9.58. The summed E-state index contributed by atoms with van der Waals surface area (Å²) in [4.78, 5) is 18.6. The van der Waals surface area contributed by atoms with Crippen LogP contribution in [0.1, 0.15) is 16.1 Å². The first-order valence-electron chi connectivity index (χ1n) is 4.74. The van der Waals surface area contributed by atoms with Crippen LogP contribution in [0.25, 0.3) is 0 Å². The van der Waals surface area contributed by atoms with Crippen LogP contribution in [-0.2, 0) is 13.0 Å². The van der Waals surface area contributed by atoms with Crippen LogP contribution in [0.3, 0.4) is 0 Å². The molecule has 4 heteroatoms. The number of carbonyl (C=O) groups excluding carboxylic acids is 1. The lowest BCUT2D eigenvalue weighted by Gasteiger charge is -2.03. The quantitative estimate of drug-likeness (QED) is 0.701.